The van der Waals surface area contributed by atoms with E-state index >= 15 is 0 Å². The van der Waals surface area contributed by atoms with E-state index in [1.807, 2.05) is 6.07 Å². The molecule has 2 atom stereocenters. The number of carbonyl (C=O) groups excluding carboxylic acids is 1. The van der Waals surface area contributed by atoms with Crippen LogP contribution in [0.1, 0.15) is 43.7 Å². The Morgan fingerprint density at radius 3 is 2.58 bits per heavy atom. The molecular formula is C16H22N2O. The van der Waals surface area contributed by atoms with Gasteiger partial charge in [0.25, 0.3) is 0 Å². The third-order valence-corrected chi connectivity index (χ3v) is 4.18. The number of benzene rings is 1. The molecule has 19 heavy (non-hydrogen) atoms. The maximum Gasteiger partial charge on any atom is 0.237 e. The number of rotatable bonds is 4. The first-order valence-corrected chi connectivity index (χ1v) is 7.43. The van der Waals surface area contributed by atoms with Crippen molar-refractivity contribution in [2.45, 2.75) is 44.2 Å². The minimum absolute atomic E-state index is 0.0127. The van der Waals surface area contributed by atoms with Gasteiger partial charge in [-0.05, 0) is 43.7 Å². The molecule has 0 bridgehead atoms. The lowest BCUT2D eigenvalue weighted by atomic mass is 10.00. The standard InChI is InChI=1S/C16H22N2O/c19-16(14-8-4-5-11-17-14)18-15(13-9-10-13)12-6-2-1-3-7-12/h1-3,6-7,13-15,17H,4-5,8-11H2,(H,18,19). The van der Waals surface area contributed by atoms with Gasteiger partial charge in [-0.1, -0.05) is 36.8 Å². The molecule has 102 valence electrons. The zero-order chi connectivity index (χ0) is 13.1. The van der Waals surface area contributed by atoms with Crippen molar-refractivity contribution in [1.82, 2.24) is 10.6 Å². The van der Waals surface area contributed by atoms with Crippen LogP contribution in [0.25, 0.3) is 0 Å². The van der Waals surface area contributed by atoms with Crippen molar-refractivity contribution in [1.29, 1.82) is 0 Å². The van der Waals surface area contributed by atoms with Gasteiger partial charge in [-0.3, -0.25) is 4.79 Å². The second-order valence-corrected chi connectivity index (χ2v) is 5.74. The van der Waals surface area contributed by atoms with E-state index in [0.717, 1.165) is 19.4 Å². The van der Waals surface area contributed by atoms with E-state index < -0.39 is 0 Å². The lowest BCUT2D eigenvalue weighted by Crippen LogP contribution is -2.47. The number of nitrogens with one attached hydrogen (secondary N) is 2. The van der Waals surface area contributed by atoms with Crippen molar-refractivity contribution < 1.29 is 4.79 Å². The van der Waals surface area contributed by atoms with E-state index in [9.17, 15) is 4.79 Å². The molecule has 0 spiro atoms. The Balaban J connectivity index is 1.66. The van der Waals surface area contributed by atoms with Gasteiger partial charge < -0.3 is 10.6 Å². The topological polar surface area (TPSA) is 41.1 Å². The van der Waals surface area contributed by atoms with E-state index in [4.69, 9.17) is 0 Å². The van der Waals surface area contributed by atoms with Crippen molar-refractivity contribution in [2.24, 2.45) is 5.92 Å². The van der Waals surface area contributed by atoms with Crippen LogP contribution < -0.4 is 10.6 Å². The van der Waals surface area contributed by atoms with Crippen molar-refractivity contribution in [3.05, 3.63) is 35.9 Å². The lowest BCUT2D eigenvalue weighted by Gasteiger charge is -2.26. The first-order chi connectivity index (χ1) is 9.34. The molecule has 1 aliphatic heterocycles. The number of amides is 1. The SMILES string of the molecule is O=C(NC(c1ccccc1)C1CC1)C1CCCCN1. The van der Waals surface area contributed by atoms with E-state index in [-0.39, 0.29) is 18.0 Å². The molecule has 2 N–H and O–H groups in total. The van der Waals surface area contributed by atoms with Gasteiger partial charge in [0.15, 0.2) is 0 Å². The Bertz CT molecular complexity index is 422. The molecule has 1 aromatic rings. The highest BCUT2D eigenvalue weighted by Gasteiger charge is 2.34. The van der Waals surface area contributed by atoms with Crippen LogP contribution in [0.4, 0.5) is 0 Å². The highest BCUT2D eigenvalue weighted by Crippen LogP contribution is 2.41. The average Bonchev–Trinajstić information content (AvgIpc) is 3.31. The van der Waals surface area contributed by atoms with Gasteiger partial charge in [-0.15, -0.1) is 0 Å². The summed E-state index contributed by atoms with van der Waals surface area (Å²) in [5.74, 6) is 0.815. The quantitative estimate of drug-likeness (QED) is 0.870. The summed E-state index contributed by atoms with van der Waals surface area (Å²) in [6, 6.07) is 10.6. The maximum absolute atomic E-state index is 12.3. The molecule has 3 nitrogen and oxygen atoms in total. The molecule has 3 rings (SSSR count). The van der Waals surface area contributed by atoms with Gasteiger partial charge in [0, 0.05) is 0 Å². The Morgan fingerprint density at radius 2 is 1.95 bits per heavy atom. The molecule has 2 fully saturated rings. The lowest BCUT2D eigenvalue weighted by molar-refractivity contribution is -0.124. The predicted molar refractivity (Wildman–Crippen MR) is 75.7 cm³/mol. The summed E-state index contributed by atoms with van der Waals surface area (Å²) < 4.78 is 0. The van der Waals surface area contributed by atoms with Crippen LogP contribution in [0.2, 0.25) is 0 Å². The average molecular weight is 258 g/mol. The number of hydrogen-bond donors (Lipinski definition) is 2. The second-order valence-electron chi connectivity index (χ2n) is 5.74. The monoisotopic (exact) mass is 258 g/mol. The zero-order valence-corrected chi connectivity index (χ0v) is 11.3. The Kier molecular flexibility index (Phi) is 3.83. The van der Waals surface area contributed by atoms with Gasteiger partial charge in [0.1, 0.15) is 0 Å². The fraction of sp³-hybridized carbons (Fsp3) is 0.562. The molecule has 0 aromatic heterocycles. The second kappa shape index (κ2) is 5.74. The van der Waals surface area contributed by atoms with Crippen LogP contribution in [-0.2, 0) is 4.79 Å². The van der Waals surface area contributed by atoms with Crippen molar-refractivity contribution in [2.75, 3.05) is 6.54 Å². The molecular weight excluding hydrogens is 236 g/mol. The molecule has 1 saturated carbocycles. The molecule has 1 aliphatic carbocycles. The van der Waals surface area contributed by atoms with Crippen LogP contribution in [-0.4, -0.2) is 18.5 Å². The number of hydrogen-bond acceptors (Lipinski definition) is 2. The maximum atomic E-state index is 12.3. The smallest absolute Gasteiger partial charge is 0.237 e. The van der Waals surface area contributed by atoms with E-state index in [2.05, 4.69) is 34.9 Å². The van der Waals surface area contributed by atoms with Crippen LogP contribution in [0.15, 0.2) is 30.3 Å². The summed E-state index contributed by atoms with van der Waals surface area (Å²) in [4.78, 5) is 12.3. The van der Waals surface area contributed by atoms with Crippen molar-refractivity contribution >= 4 is 5.91 Å². The van der Waals surface area contributed by atoms with Gasteiger partial charge >= 0.3 is 0 Å². The summed E-state index contributed by atoms with van der Waals surface area (Å²) in [5, 5.41) is 6.59. The Hall–Kier alpha value is -1.35. The molecule has 2 unspecified atom stereocenters. The van der Waals surface area contributed by atoms with Crippen molar-refractivity contribution in [3.8, 4) is 0 Å². The van der Waals surface area contributed by atoms with E-state index in [1.54, 1.807) is 0 Å². The Labute approximate surface area is 114 Å². The molecule has 1 saturated heterocycles. The molecule has 0 radical (unpaired) electrons. The summed E-state index contributed by atoms with van der Waals surface area (Å²) in [5.41, 5.74) is 1.24. The van der Waals surface area contributed by atoms with Crippen LogP contribution in [0, 0.1) is 5.92 Å². The van der Waals surface area contributed by atoms with Gasteiger partial charge in [-0.25, -0.2) is 0 Å². The summed E-state index contributed by atoms with van der Waals surface area (Å²) in [6.45, 7) is 0.970. The summed E-state index contributed by atoms with van der Waals surface area (Å²) in [6.07, 6.45) is 5.78. The van der Waals surface area contributed by atoms with Crippen LogP contribution in [0.3, 0.4) is 0 Å². The highest BCUT2D eigenvalue weighted by atomic mass is 16.2. The third-order valence-electron chi connectivity index (χ3n) is 4.18. The van der Waals surface area contributed by atoms with Gasteiger partial charge in [0.05, 0.1) is 12.1 Å². The first kappa shape index (κ1) is 12.7. The number of piperidine rings is 1. The van der Waals surface area contributed by atoms with E-state index in [0.29, 0.717) is 5.92 Å². The number of carbonyl (C=O) groups is 1. The fourth-order valence-corrected chi connectivity index (χ4v) is 2.89. The summed E-state index contributed by atoms with van der Waals surface area (Å²) in [7, 11) is 0. The molecule has 1 heterocycles. The first-order valence-electron chi connectivity index (χ1n) is 7.43. The van der Waals surface area contributed by atoms with E-state index in [1.165, 1.54) is 24.8 Å². The van der Waals surface area contributed by atoms with Crippen LogP contribution >= 0.6 is 0 Å². The zero-order valence-electron chi connectivity index (χ0n) is 11.3. The highest BCUT2D eigenvalue weighted by molar-refractivity contribution is 5.82. The summed E-state index contributed by atoms with van der Waals surface area (Å²) >= 11 is 0. The molecule has 3 heteroatoms. The minimum Gasteiger partial charge on any atom is -0.348 e. The van der Waals surface area contributed by atoms with Gasteiger partial charge in [0.2, 0.25) is 5.91 Å². The molecule has 2 aliphatic rings. The largest absolute Gasteiger partial charge is 0.348 e. The third kappa shape index (κ3) is 3.16. The van der Waals surface area contributed by atoms with Crippen LogP contribution in [0.5, 0.6) is 0 Å². The van der Waals surface area contributed by atoms with Crippen molar-refractivity contribution in [3.63, 3.8) is 0 Å². The predicted octanol–water partition coefficient (Wildman–Crippen LogP) is 2.40. The normalized spacial score (nSPS) is 24.7. The molecule has 1 aromatic carbocycles. The molecule has 1 amide bonds. The fourth-order valence-electron chi connectivity index (χ4n) is 2.89. The van der Waals surface area contributed by atoms with Gasteiger partial charge in [-0.2, -0.15) is 0 Å². The Morgan fingerprint density at radius 1 is 1.16 bits per heavy atom. The minimum atomic E-state index is 0.0127.